The summed E-state index contributed by atoms with van der Waals surface area (Å²) in [5.74, 6) is -0.186. The normalized spacial score (nSPS) is 10.8. The second-order valence-corrected chi connectivity index (χ2v) is 5.50. The summed E-state index contributed by atoms with van der Waals surface area (Å²) in [4.78, 5) is 12.7. The first kappa shape index (κ1) is 15.3. The average Bonchev–Trinajstić information content (AvgIpc) is 2.49. The van der Waals surface area contributed by atoms with E-state index in [1.165, 1.54) is 35.7 Å². The van der Waals surface area contributed by atoms with Crippen LogP contribution >= 0.6 is 11.8 Å². The fourth-order valence-corrected chi connectivity index (χ4v) is 2.23. The first-order chi connectivity index (χ1) is 10.1. The molecule has 0 saturated carbocycles. The Balaban J connectivity index is 1.77. The molecular weight excluding hydrogens is 287 g/mol. The minimum atomic E-state index is -0.300. The first-order valence-corrected chi connectivity index (χ1v) is 7.39. The quantitative estimate of drug-likeness (QED) is 0.522. The van der Waals surface area contributed by atoms with Crippen LogP contribution in [0.25, 0.3) is 0 Å². The van der Waals surface area contributed by atoms with Gasteiger partial charge >= 0.3 is 0 Å². The average molecular weight is 302 g/mol. The van der Waals surface area contributed by atoms with E-state index in [4.69, 9.17) is 0 Å². The van der Waals surface area contributed by atoms with Gasteiger partial charge in [-0.05, 0) is 36.8 Å². The molecule has 0 aliphatic heterocycles. The minimum absolute atomic E-state index is 0.182. The lowest BCUT2D eigenvalue weighted by molar-refractivity contribution is -0.118. The van der Waals surface area contributed by atoms with Crippen molar-refractivity contribution in [3.05, 3.63) is 65.5 Å². The third-order valence-electron chi connectivity index (χ3n) is 2.66. The number of nitrogens with zero attached hydrogens (tertiary/aromatic N) is 1. The topological polar surface area (TPSA) is 41.5 Å². The van der Waals surface area contributed by atoms with Gasteiger partial charge in [-0.1, -0.05) is 29.8 Å². The molecule has 21 heavy (non-hydrogen) atoms. The molecule has 2 aromatic carbocycles. The van der Waals surface area contributed by atoms with Crippen molar-refractivity contribution in [2.75, 3.05) is 5.75 Å². The van der Waals surface area contributed by atoms with Gasteiger partial charge in [0.15, 0.2) is 0 Å². The maximum absolute atomic E-state index is 12.7. The summed E-state index contributed by atoms with van der Waals surface area (Å²) in [6, 6.07) is 13.8. The zero-order valence-corrected chi connectivity index (χ0v) is 12.4. The number of thioether (sulfide) groups is 1. The van der Waals surface area contributed by atoms with Crippen molar-refractivity contribution >= 4 is 23.9 Å². The molecule has 0 fully saturated rings. The van der Waals surface area contributed by atoms with Crippen molar-refractivity contribution in [2.24, 2.45) is 5.10 Å². The molecule has 0 bridgehead atoms. The number of aryl methyl sites for hydroxylation is 1. The van der Waals surface area contributed by atoms with E-state index < -0.39 is 0 Å². The second-order valence-electron chi connectivity index (χ2n) is 4.45. The Labute approximate surface area is 127 Å². The van der Waals surface area contributed by atoms with Crippen molar-refractivity contribution in [2.45, 2.75) is 11.8 Å². The van der Waals surface area contributed by atoms with E-state index in [2.05, 4.69) is 10.5 Å². The fourth-order valence-electron chi connectivity index (χ4n) is 1.54. The summed E-state index contributed by atoms with van der Waals surface area (Å²) in [5.41, 5.74) is 4.36. The van der Waals surface area contributed by atoms with Crippen molar-refractivity contribution in [1.29, 1.82) is 0 Å². The molecular formula is C16H15FN2OS. The van der Waals surface area contributed by atoms with Crippen LogP contribution in [0.4, 0.5) is 4.39 Å². The van der Waals surface area contributed by atoms with Crippen molar-refractivity contribution in [3.63, 3.8) is 0 Å². The van der Waals surface area contributed by atoms with Crippen LogP contribution < -0.4 is 5.43 Å². The summed E-state index contributed by atoms with van der Waals surface area (Å²) in [6.07, 6.45) is 1.48. The van der Waals surface area contributed by atoms with Gasteiger partial charge in [0.1, 0.15) is 5.82 Å². The van der Waals surface area contributed by atoms with Crippen LogP contribution in [0.3, 0.4) is 0 Å². The molecule has 0 heterocycles. The van der Waals surface area contributed by atoms with Crippen LogP contribution in [0.2, 0.25) is 0 Å². The Hall–Kier alpha value is -2.14. The SMILES string of the molecule is Cc1ccc(SCC(=O)N/N=C\c2ccc(F)cc2)cc1. The Morgan fingerprint density at radius 2 is 1.86 bits per heavy atom. The predicted octanol–water partition coefficient (Wildman–Crippen LogP) is 3.38. The third-order valence-corrected chi connectivity index (χ3v) is 3.68. The van der Waals surface area contributed by atoms with E-state index in [9.17, 15) is 9.18 Å². The van der Waals surface area contributed by atoms with Crippen LogP contribution in [0.1, 0.15) is 11.1 Å². The molecule has 0 radical (unpaired) electrons. The fraction of sp³-hybridized carbons (Fsp3) is 0.125. The number of carbonyl (C=O) groups is 1. The number of halogens is 1. The summed E-state index contributed by atoms with van der Waals surface area (Å²) in [7, 11) is 0. The Morgan fingerprint density at radius 1 is 1.19 bits per heavy atom. The largest absolute Gasteiger partial charge is 0.272 e. The number of hydrogen-bond donors (Lipinski definition) is 1. The van der Waals surface area contributed by atoms with Crippen LogP contribution in [-0.4, -0.2) is 17.9 Å². The molecule has 0 saturated heterocycles. The van der Waals surface area contributed by atoms with E-state index in [-0.39, 0.29) is 11.7 Å². The number of hydrazone groups is 1. The number of hydrogen-bond acceptors (Lipinski definition) is 3. The summed E-state index contributed by atoms with van der Waals surface area (Å²) in [6.45, 7) is 2.02. The van der Waals surface area contributed by atoms with Gasteiger partial charge in [0.25, 0.3) is 0 Å². The summed E-state index contributed by atoms with van der Waals surface area (Å²) >= 11 is 1.45. The summed E-state index contributed by atoms with van der Waals surface area (Å²) < 4.78 is 12.7. The van der Waals surface area contributed by atoms with E-state index >= 15 is 0 Å². The van der Waals surface area contributed by atoms with Crippen LogP contribution in [-0.2, 0) is 4.79 Å². The minimum Gasteiger partial charge on any atom is -0.272 e. The molecule has 0 aromatic heterocycles. The van der Waals surface area contributed by atoms with Crippen molar-refractivity contribution in [3.8, 4) is 0 Å². The molecule has 0 unspecified atom stereocenters. The maximum Gasteiger partial charge on any atom is 0.250 e. The van der Waals surface area contributed by atoms with E-state index in [0.717, 1.165) is 10.5 Å². The van der Waals surface area contributed by atoms with E-state index in [0.29, 0.717) is 5.75 Å². The predicted molar refractivity (Wildman–Crippen MR) is 84.0 cm³/mol. The highest BCUT2D eigenvalue weighted by Crippen LogP contribution is 2.17. The Morgan fingerprint density at radius 3 is 2.52 bits per heavy atom. The molecule has 0 atom stereocenters. The molecule has 0 aliphatic rings. The number of rotatable bonds is 5. The van der Waals surface area contributed by atoms with E-state index in [1.54, 1.807) is 12.1 Å². The van der Waals surface area contributed by atoms with Gasteiger partial charge in [0.05, 0.1) is 12.0 Å². The molecule has 2 aromatic rings. The standard InChI is InChI=1S/C16H15FN2OS/c1-12-2-8-15(9-3-12)21-11-16(20)19-18-10-13-4-6-14(17)7-5-13/h2-10H,11H2,1H3,(H,19,20)/b18-10-. The second kappa shape index (κ2) is 7.59. The highest BCUT2D eigenvalue weighted by Gasteiger charge is 2.01. The van der Waals surface area contributed by atoms with Crippen LogP contribution in [0.15, 0.2) is 58.5 Å². The van der Waals surface area contributed by atoms with E-state index in [1.807, 2.05) is 31.2 Å². The zero-order valence-electron chi connectivity index (χ0n) is 11.5. The highest BCUT2D eigenvalue weighted by molar-refractivity contribution is 8.00. The molecule has 0 aliphatic carbocycles. The number of carbonyl (C=O) groups excluding carboxylic acids is 1. The van der Waals surface area contributed by atoms with Gasteiger partial charge in [-0.15, -0.1) is 11.8 Å². The van der Waals surface area contributed by atoms with Gasteiger partial charge in [0.2, 0.25) is 5.91 Å². The molecule has 108 valence electrons. The molecule has 0 spiro atoms. The lowest BCUT2D eigenvalue weighted by atomic mass is 10.2. The molecule has 5 heteroatoms. The molecule has 3 nitrogen and oxygen atoms in total. The van der Waals surface area contributed by atoms with Gasteiger partial charge < -0.3 is 0 Å². The monoisotopic (exact) mass is 302 g/mol. The smallest absolute Gasteiger partial charge is 0.250 e. The number of nitrogens with one attached hydrogen (secondary N) is 1. The van der Waals surface area contributed by atoms with Crippen LogP contribution in [0, 0.1) is 12.7 Å². The molecule has 1 N–H and O–H groups in total. The summed E-state index contributed by atoms with van der Waals surface area (Å²) in [5, 5.41) is 3.84. The first-order valence-electron chi connectivity index (χ1n) is 6.40. The maximum atomic E-state index is 12.7. The van der Waals surface area contributed by atoms with Gasteiger partial charge in [0, 0.05) is 4.90 Å². The van der Waals surface area contributed by atoms with Crippen molar-refractivity contribution < 1.29 is 9.18 Å². The van der Waals surface area contributed by atoms with Crippen LogP contribution in [0.5, 0.6) is 0 Å². The third kappa shape index (κ3) is 5.39. The Bertz CT molecular complexity index is 624. The molecule has 1 amide bonds. The number of benzene rings is 2. The number of amides is 1. The zero-order chi connectivity index (χ0) is 15.1. The van der Waals surface area contributed by atoms with Gasteiger partial charge in [-0.3, -0.25) is 4.79 Å². The van der Waals surface area contributed by atoms with Gasteiger partial charge in [-0.25, -0.2) is 9.82 Å². The van der Waals surface area contributed by atoms with Gasteiger partial charge in [-0.2, -0.15) is 5.10 Å². The lowest BCUT2D eigenvalue weighted by Gasteiger charge is -2.01. The molecule has 2 rings (SSSR count). The highest BCUT2D eigenvalue weighted by atomic mass is 32.2. The Kier molecular flexibility index (Phi) is 5.51. The lowest BCUT2D eigenvalue weighted by Crippen LogP contribution is -2.19. The van der Waals surface area contributed by atoms with Crippen molar-refractivity contribution in [1.82, 2.24) is 5.43 Å².